The molecule has 2 saturated carbocycles. The summed E-state index contributed by atoms with van der Waals surface area (Å²) in [4.78, 5) is 40.2. The standard InChI is InChI=1S/C23H19Br2NO4/c24-19-15-10-16(20(19)25)18-17(15)21(27)26(22(18)28)14-8-6-13(7-9-14)23(29)30-11-12-4-2-1-3-5-12/h1-9,15-20H,10-11H2/t15-,16-,17-,18+,19+,20+/m1/s1. The number of carbonyl (C=O) groups excluding carboxylic acids is 3. The largest absolute Gasteiger partial charge is 0.457 e. The van der Waals surface area contributed by atoms with E-state index in [1.807, 2.05) is 30.3 Å². The monoisotopic (exact) mass is 531 g/mol. The van der Waals surface area contributed by atoms with Crippen LogP contribution in [0.25, 0.3) is 0 Å². The Morgan fingerprint density at radius 3 is 2.03 bits per heavy atom. The lowest BCUT2D eigenvalue weighted by Crippen LogP contribution is -2.37. The summed E-state index contributed by atoms with van der Waals surface area (Å²) in [6.45, 7) is 0.193. The molecule has 2 amide bonds. The van der Waals surface area contributed by atoms with Gasteiger partial charge in [-0.05, 0) is 48.1 Å². The van der Waals surface area contributed by atoms with E-state index in [4.69, 9.17) is 4.74 Å². The zero-order valence-corrected chi connectivity index (χ0v) is 19.1. The average Bonchev–Trinajstić information content (AvgIpc) is 3.38. The molecule has 1 aliphatic heterocycles. The van der Waals surface area contributed by atoms with E-state index < -0.39 is 5.97 Å². The Kier molecular flexibility index (Phi) is 5.06. The van der Waals surface area contributed by atoms with Crippen molar-refractivity contribution in [3.8, 4) is 0 Å². The van der Waals surface area contributed by atoms with Gasteiger partial charge >= 0.3 is 5.97 Å². The second-order valence-electron chi connectivity index (χ2n) is 8.12. The Balaban J connectivity index is 1.31. The number of nitrogens with zero attached hydrogens (tertiary/aromatic N) is 1. The highest BCUT2D eigenvalue weighted by molar-refractivity contribution is 9.12. The first-order chi connectivity index (χ1) is 14.5. The van der Waals surface area contributed by atoms with E-state index in [9.17, 15) is 14.4 Å². The summed E-state index contributed by atoms with van der Waals surface area (Å²) >= 11 is 7.39. The van der Waals surface area contributed by atoms with Crippen LogP contribution in [0.2, 0.25) is 0 Å². The molecule has 2 aromatic carbocycles. The van der Waals surface area contributed by atoms with Crippen molar-refractivity contribution in [3.05, 3.63) is 65.7 Å². The number of hydrogen-bond donors (Lipinski definition) is 0. The number of alkyl halides is 2. The highest BCUT2D eigenvalue weighted by Crippen LogP contribution is 2.60. The third kappa shape index (κ3) is 3.05. The molecule has 5 nitrogen and oxygen atoms in total. The second kappa shape index (κ2) is 7.61. The van der Waals surface area contributed by atoms with Gasteiger partial charge in [-0.3, -0.25) is 14.5 Å². The van der Waals surface area contributed by atoms with Crippen molar-refractivity contribution in [1.29, 1.82) is 0 Å². The number of imide groups is 1. The molecule has 30 heavy (non-hydrogen) atoms. The Bertz CT molecular complexity index is 978. The number of hydrogen-bond acceptors (Lipinski definition) is 4. The van der Waals surface area contributed by atoms with E-state index in [1.165, 1.54) is 4.90 Å². The molecule has 154 valence electrons. The molecule has 1 heterocycles. The predicted molar refractivity (Wildman–Crippen MR) is 119 cm³/mol. The quantitative estimate of drug-likeness (QED) is 0.334. The summed E-state index contributed by atoms with van der Waals surface area (Å²) in [5.74, 6) is -0.839. The van der Waals surface area contributed by atoms with Crippen LogP contribution in [0.1, 0.15) is 22.3 Å². The van der Waals surface area contributed by atoms with Crippen molar-refractivity contribution in [3.63, 3.8) is 0 Å². The van der Waals surface area contributed by atoms with Crippen molar-refractivity contribution >= 4 is 55.3 Å². The lowest BCUT2D eigenvalue weighted by Gasteiger charge is -2.28. The molecule has 0 radical (unpaired) electrons. The van der Waals surface area contributed by atoms with Crippen LogP contribution in [0.15, 0.2) is 54.6 Å². The van der Waals surface area contributed by atoms with Crippen LogP contribution in [0, 0.1) is 23.7 Å². The fourth-order valence-electron chi connectivity index (χ4n) is 5.16. The van der Waals surface area contributed by atoms with Gasteiger partial charge in [0, 0.05) is 9.65 Å². The molecule has 2 aromatic rings. The van der Waals surface area contributed by atoms with Crippen molar-refractivity contribution in [2.24, 2.45) is 23.7 Å². The highest BCUT2D eigenvalue weighted by atomic mass is 79.9. The smallest absolute Gasteiger partial charge is 0.338 e. The van der Waals surface area contributed by atoms with Crippen molar-refractivity contribution < 1.29 is 19.1 Å². The third-order valence-electron chi connectivity index (χ3n) is 6.56. The van der Waals surface area contributed by atoms with Crippen LogP contribution in [0.4, 0.5) is 5.69 Å². The van der Waals surface area contributed by atoms with E-state index in [-0.39, 0.29) is 51.7 Å². The number of fused-ring (bicyclic) bond motifs is 5. The van der Waals surface area contributed by atoms with Gasteiger partial charge in [0.25, 0.3) is 0 Å². The van der Waals surface area contributed by atoms with Gasteiger partial charge in [-0.1, -0.05) is 62.2 Å². The maximum atomic E-state index is 13.1. The molecule has 0 spiro atoms. The molecule has 5 rings (SSSR count). The Morgan fingerprint density at radius 2 is 1.47 bits per heavy atom. The Labute approximate surface area is 191 Å². The van der Waals surface area contributed by atoms with E-state index >= 15 is 0 Å². The maximum absolute atomic E-state index is 13.1. The van der Waals surface area contributed by atoms with Crippen LogP contribution in [0.3, 0.4) is 0 Å². The van der Waals surface area contributed by atoms with Crippen LogP contribution in [0.5, 0.6) is 0 Å². The first-order valence-electron chi connectivity index (χ1n) is 9.94. The molecule has 3 aliphatic rings. The lowest BCUT2D eigenvalue weighted by molar-refractivity contribution is -0.123. The van der Waals surface area contributed by atoms with Gasteiger partial charge in [0.1, 0.15) is 6.61 Å². The summed E-state index contributed by atoms with van der Waals surface area (Å²) in [6, 6.07) is 16.0. The van der Waals surface area contributed by atoms with Crippen molar-refractivity contribution in [1.82, 2.24) is 0 Å². The van der Waals surface area contributed by atoms with E-state index in [2.05, 4.69) is 31.9 Å². The minimum absolute atomic E-state index is 0.124. The average molecular weight is 533 g/mol. The van der Waals surface area contributed by atoms with Gasteiger partial charge in [0.05, 0.1) is 23.1 Å². The van der Waals surface area contributed by atoms with Crippen molar-refractivity contribution in [2.75, 3.05) is 4.90 Å². The molecule has 7 heteroatoms. The van der Waals surface area contributed by atoms with E-state index in [0.717, 1.165) is 12.0 Å². The Hall–Kier alpha value is -1.99. The number of anilines is 1. The maximum Gasteiger partial charge on any atom is 0.338 e. The molecule has 0 N–H and O–H groups in total. The van der Waals surface area contributed by atoms with Gasteiger partial charge in [-0.25, -0.2) is 4.79 Å². The second-order valence-corrected chi connectivity index (χ2v) is 10.2. The summed E-state index contributed by atoms with van der Waals surface area (Å²) in [5.41, 5.74) is 1.80. The third-order valence-corrected chi connectivity index (χ3v) is 9.77. The number of halogens is 2. The number of benzene rings is 2. The molecular formula is C23H19Br2NO4. The summed E-state index contributed by atoms with van der Waals surface area (Å²) in [7, 11) is 0. The topological polar surface area (TPSA) is 63.7 Å². The first kappa shape index (κ1) is 19.9. The number of rotatable bonds is 4. The van der Waals surface area contributed by atoms with Gasteiger partial charge in [0.15, 0.2) is 0 Å². The number of esters is 1. The zero-order valence-electron chi connectivity index (χ0n) is 15.9. The molecular weight excluding hydrogens is 514 g/mol. The zero-order chi connectivity index (χ0) is 21.0. The van der Waals surface area contributed by atoms with Gasteiger partial charge in [-0.2, -0.15) is 0 Å². The SMILES string of the molecule is O=C(OCc1ccccc1)c1ccc(N2C(=O)[C@@H]3[C@H]4C[C@@H]([C@H](Br)[C@H]4Br)[C@@H]3C2=O)cc1. The summed E-state index contributed by atoms with van der Waals surface area (Å²) in [6.07, 6.45) is 0.901. The minimum atomic E-state index is -0.441. The van der Waals surface area contributed by atoms with Crippen LogP contribution < -0.4 is 4.90 Å². The number of ether oxygens (including phenoxy) is 1. The van der Waals surface area contributed by atoms with Gasteiger partial charge in [-0.15, -0.1) is 0 Å². The molecule has 0 aromatic heterocycles. The normalized spacial score (nSPS) is 31.9. The molecule has 0 unspecified atom stereocenters. The number of amides is 2. The lowest BCUT2D eigenvalue weighted by atomic mass is 9.81. The fraction of sp³-hybridized carbons (Fsp3) is 0.348. The van der Waals surface area contributed by atoms with Crippen LogP contribution in [-0.2, 0) is 20.9 Å². The molecule has 6 atom stereocenters. The molecule has 3 fully saturated rings. The summed E-state index contributed by atoms with van der Waals surface area (Å²) < 4.78 is 5.35. The molecule has 2 aliphatic carbocycles. The van der Waals surface area contributed by atoms with E-state index in [0.29, 0.717) is 11.3 Å². The molecule has 2 bridgehead atoms. The van der Waals surface area contributed by atoms with Gasteiger partial charge < -0.3 is 4.74 Å². The van der Waals surface area contributed by atoms with Crippen LogP contribution >= 0.6 is 31.9 Å². The molecule has 1 saturated heterocycles. The van der Waals surface area contributed by atoms with Crippen molar-refractivity contribution in [2.45, 2.75) is 22.7 Å². The first-order valence-corrected chi connectivity index (χ1v) is 11.8. The van der Waals surface area contributed by atoms with Crippen LogP contribution in [-0.4, -0.2) is 27.4 Å². The fourth-order valence-corrected chi connectivity index (χ4v) is 7.03. The minimum Gasteiger partial charge on any atom is -0.457 e. The summed E-state index contributed by atoms with van der Waals surface area (Å²) in [5, 5.41) is 0. The van der Waals surface area contributed by atoms with E-state index in [1.54, 1.807) is 24.3 Å². The predicted octanol–water partition coefficient (Wildman–Crippen LogP) is 4.33. The Morgan fingerprint density at radius 1 is 0.900 bits per heavy atom. The highest BCUT2D eigenvalue weighted by Gasteiger charge is 2.66. The number of carbonyl (C=O) groups is 3. The van der Waals surface area contributed by atoms with Gasteiger partial charge in [0.2, 0.25) is 11.8 Å².